The molecule has 0 aliphatic carbocycles. The van der Waals surface area contributed by atoms with E-state index in [0.717, 1.165) is 12.8 Å². The number of hydrogen-bond donors (Lipinski definition) is 1. The number of rotatable bonds is 6. The minimum absolute atomic E-state index is 0.635. The fraction of sp³-hybridized carbons (Fsp3) is 0.889. The molecule has 1 atom stereocenters. The Morgan fingerprint density at radius 1 is 1.38 bits per heavy atom. The molecule has 0 aliphatic heterocycles. The van der Waals surface area contributed by atoms with Gasteiger partial charge in [0.05, 0.1) is 6.54 Å². The van der Waals surface area contributed by atoms with E-state index in [1.165, 1.54) is 6.92 Å². The molecule has 0 radical (unpaired) electrons. The summed E-state index contributed by atoms with van der Waals surface area (Å²) in [7, 11) is 0. The number of carboxylic acid groups (broad SMARTS) is 1. The highest BCUT2D eigenvalue weighted by Crippen LogP contribution is 2.03. The molecular formula is C9H18N2O2. The standard InChI is InChI=1S/C9H18N2O2/c1-7(2)5-4-6-10-11-8(3)9(12)13/h7-8H,4-6H2,1-3H3,(H,12,13). The molecule has 1 N–H and O–H groups in total. The van der Waals surface area contributed by atoms with Crippen LogP contribution in [0.15, 0.2) is 10.2 Å². The molecule has 0 saturated carbocycles. The van der Waals surface area contributed by atoms with Gasteiger partial charge >= 0.3 is 5.97 Å². The zero-order chi connectivity index (χ0) is 10.3. The molecule has 0 amide bonds. The molecule has 4 nitrogen and oxygen atoms in total. The Labute approximate surface area is 79.1 Å². The van der Waals surface area contributed by atoms with Crippen LogP contribution in [0.3, 0.4) is 0 Å². The molecule has 0 spiro atoms. The molecule has 0 heterocycles. The van der Waals surface area contributed by atoms with Crippen LogP contribution < -0.4 is 0 Å². The first-order valence-electron chi connectivity index (χ1n) is 4.63. The summed E-state index contributed by atoms with van der Waals surface area (Å²) in [6.45, 7) is 6.46. The first kappa shape index (κ1) is 12.1. The third-order valence-electron chi connectivity index (χ3n) is 1.65. The van der Waals surface area contributed by atoms with Crippen molar-refractivity contribution in [2.24, 2.45) is 16.1 Å². The molecular weight excluding hydrogens is 168 g/mol. The number of aliphatic carboxylic acids is 1. The fourth-order valence-corrected chi connectivity index (χ4v) is 0.800. The van der Waals surface area contributed by atoms with Crippen molar-refractivity contribution in [3.63, 3.8) is 0 Å². The van der Waals surface area contributed by atoms with Crippen LogP contribution in [0.1, 0.15) is 33.6 Å². The summed E-state index contributed by atoms with van der Waals surface area (Å²) in [6, 6.07) is -0.709. The summed E-state index contributed by atoms with van der Waals surface area (Å²) in [5.74, 6) is -0.250. The first-order valence-corrected chi connectivity index (χ1v) is 4.63. The van der Waals surface area contributed by atoms with E-state index in [4.69, 9.17) is 5.11 Å². The summed E-state index contributed by atoms with van der Waals surface area (Å²) in [6.07, 6.45) is 2.09. The van der Waals surface area contributed by atoms with E-state index in [9.17, 15) is 4.79 Å². The minimum Gasteiger partial charge on any atom is -0.480 e. The van der Waals surface area contributed by atoms with Gasteiger partial charge in [-0.05, 0) is 25.7 Å². The normalized spacial score (nSPS) is 13.8. The van der Waals surface area contributed by atoms with E-state index in [2.05, 4.69) is 24.1 Å². The van der Waals surface area contributed by atoms with Gasteiger partial charge < -0.3 is 5.11 Å². The van der Waals surface area contributed by atoms with Gasteiger partial charge in [-0.25, -0.2) is 4.79 Å². The summed E-state index contributed by atoms with van der Waals surface area (Å²) < 4.78 is 0. The van der Waals surface area contributed by atoms with E-state index < -0.39 is 12.0 Å². The van der Waals surface area contributed by atoms with E-state index in [1.807, 2.05) is 0 Å². The van der Waals surface area contributed by atoms with Gasteiger partial charge in [0, 0.05) is 0 Å². The second-order valence-electron chi connectivity index (χ2n) is 3.53. The lowest BCUT2D eigenvalue weighted by Gasteiger charge is -2.00. The molecule has 0 rings (SSSR count). The Bertz CT molecular complexity index is 178. The number of azo groups is 1. The molecule has 0 aromatic heterocycles. The second-order valence-corrected chi connectivity index (χ2v) is 3.53. The quantitative estimate of drug-likeness (QED) is 0.511. The molecule has 0 bridgehead atoms. The molecule has 4 heteroatoms. The van der Waals surface area contributed by atoms with Crippen molar-refractivity contribution in [2.45, 2.75) is 39.7 Å². The predicted octanol–water partition coefficient (Wildman–Crippen LogP) is 2.35. The van der Waals surface area contributed by atoms with Crippen molar-refractivity contribution >= 4 is 5.97 Å². The van der Waals surface area contributed by atoms with Gasteiger partial charge in [-0.3, -0.25) is 0 Å². The lowest BCUT2D eigenvalue weighted by atomic mass is 10.1. The van der Waals surface area contributed by atoms with E-state index >= 15 is 0 Å². The molecule has 0 aromatic carbocycles. The first-order chi connectivity index (χ1) is 6.04. The molecule has 76 valence electrons. The van der Waals surface area contributed by atoms with Crippen LogP contribution in [0.25, 0.3) is 0 Å². The van der Waals surface area contributed by atoms with Crippen molar-refractivity contribution in [2.75, 3.05) is 6.54 Å². The van der Waals surface area contributed by atoms with E-state index in [0.29, 0.717) is 12.5 Å². The lowest BCUT2D eigenvalue weighted by Crippen LogP contribution is -2.12. The van der Waals surface area contributed by atoms with Crippen LogP contribution in [-0.2, 0) is 4.79 Å². The maximum atomic E-state index is 10.3. The number of hydrogen-bond acceptors (Lipinski definition) is 3. The number of carboxylic acids is 1. The third kappa shape index (κ3) is 7.43. The van der Waals surface area contributed by atoms with Crippen LogP contribution in [0, 0.1) is 5.92 Å². The molecule has 0 fully saturated rings. The van der Waals surface area contributed by atoms with Crippen LogP contribution in [0.5, 0.6) is 0 Å². The molecule has 0 aliphatic rings. The van der Waals surface area contributed by atoms with Crippen molar-refractivity contribution < 1.29 is 9.90 Å². The van der Waals surface area contributed by atoms with Crippen LogP contribution in [0.4, 0.5) is 0 Å². The summed E-state index contributed by atoms with van der Waals surface area (Å²) in [5, 5.41) is 15.9. The monoisotopic (exact) mass is 186 g/mol. The van der Waals surface area contributed by atoms with Crippen molar-refractivity contribution in [1.82, 2.24) is 0 Å². The second kappa shape index (κ2) is 6.57. The number of carbonyl (C=O) groups is 1. The summed E-state index contributed by atoms with van der Waals surface area (Å²) in [4.78, 5) is 10.3. The SMILES string of the molecule is CC(C)CCCN=NC(C)C(=O)O. The van der Waals surface area contributed by atoms with E-state index in [-0.39, 0.29) is 0 Å². The predicted molar refractivity (Wildman–Crippen MR) is 50.9 cm³/mol. The maximum Gasteiger partial charge on any atom is 0.330 e. The van der Waals surface area contributed by atoms with Gasteiger partial charge in [-0.2, -0.15) is 10.2 Å². The van der Waals surface area contributed by atoms with Gasteiger partial charge in [-0.15, -0.1) is 0 Å². The van der Waals surface area contributed by atoms with Crippen molar-refractivity contribution in [3.8, 4) is 0 Å². The maximum absolute atomic E-state index is 10.3. The smallest absolute Gasteiger partial charge is 0.330 e. The minimum atomic E-state index is -0.924. The van der Waals surface area contributed by atoms with Crippen molar-refractivity contribution in [3.05, 3.63) is 0 Å². The largest absolute Gasteiger partial charge is 0.480 e. The van der Waals surface area contributed by atoms with Gasteiger partial charge in [0.2, 0.25) is 0 Å². The lowest BCUT2D eigenvalue weighted by molar-refractivity contribution is -0.138. The van der Waals surface area contributed by atoms with Crippen LogP contribution >= 0.6 is 0 Å². The van der Waals surface area contributed by atoms with Gasteiger partial charge in [0.15, 0.2) is 6.04 Å². The average Bonchev–Trinajstić information content (AvgIpc) is 2.02. The topological polar surface area (TPSA) is 62.0 Å². The average molecular weight is 186 g/mol. The zero-order valence-electron chi connectivity index (χ0n) is 8.53. The highest BCUT2D eigenvalue weighted by molar-refractivity contribution is 5.72. The van der Waals surface area contributed by atoms with Gasteiger partial charge in [0.1, 0.15) is 0 Å². The van der Waals surface area contributed by atoms with Gasteiger partial charge in [0.25, 0.3) is 0 Å². The highest BCUT2D eigenvalue weighted by Gasteiger charge is 2.07. The molecule has 0 aromatic rings. The van der Waals surface area contributed by atoms with Gasteiger partial charge in [-0.1, -0.05) is 13.8 Å². The molecule has 13 heavy (non-hydrogen) atoms. The Hall–Kier alpha value is -0.930. The number of nitrogens with zero attached hydrogens (tertiary/aromatic N) is 2. The zero-order valence-corrected chi connectivity index (χ0v) is 8.53. The fourth-order valence-electron chi connectivity index (χ4n) is 0.800. The van der Waals surface area contributed by atoms with Crippen LogP contribution in [-0.4, -0.2) is 23.7 Å². The molecule has 0 saturated heterocycles. The Morgan fingerprint density at radius 2 is 2.00 bits per heavy atom. The van der Waals surface area contributed by atoms with Crippen molar-refractivity contribution in [1.29, 1.82) is 0 Å². The molecule has 1 unspecified atom stereocenters. The Kier molecular flexibility index (Phi) is 6.10. The Morgan fingerprint density at radius 3 is 2.46 bits per heavy atom. The summed E-state index contributed by atoms with van der Waals surface area (Å²) in [5.41, 5.74) is 0. The van der Waals surface area contributed by atoms with E-state index in [1.54, 1.807) is 0 Å². The summed E-state index contributed by atoms with van der Waals surface area (Å²) >= 11 is 0. The Balaban J connectivity index is 3.46. The van der Waals surface area contributed by atoms with Crippen LogP contribution in [0.2, 0.25) is 0 Å². The third-order valence-corrected chi connectivity index (χ3v) is 1.65. The highest BCUT2D eigenvalue weighted by atomic mass is 16.4.